The van der Waals surface area contributed by atoms with Crippen molar-refractivity contribution in [3.63, 3.8) is 0 Å². The summed E-state index contributed by atoms with van der Waals surface area (Å²) in [6, 6.07) is 0. The van der Waals surface area contributed by atoms with E-state index >= 15 is 0 Å². The highest BCUT2D eigenvalue weighted by Gasteiger charge is 2.32. The normalized spacial score (nSPS) is 18.9. The Kier molecular flexibility index (Phi) is 6.43. The minimum absolute atomic E-state index is 0.175. The van der Waals surface area contributed by atoms with Crippen LogP contribution in [0.3, 0.4) is 0 Å². The lowest BCUT2D eigenvalue weighted by Crippen LogP contribution is -2.50. The van der Waals surface area contributed by atoms with Gasteiger partial charge in [0.2, 0.25) is 10.0 Å². The van der Waals surface area contributed by atoms with Crippen LogP contribution >= 0.6 is 11.6 Å². The molecule has 0 aliphatic carbocycles. The summed E-state index contributed by atoms with van der Waals surface area (Å²) < 4.78 is 53.9. The van der Waals surface area contributed by atoms with E-state index in [-0.39, 0.29) is 44.4 Å². The van der Waals surface area contributed by atoms with E-state index in [9.17, 15) is 16.8 Å². The lowest BCUT2D eigenvalue weighted by molar-refractivity contribution is 0.0702. The van der Waals surface area contributed by atoms with Gasteiger partial charge < -0.3 is 4.74 Å². The summed E-state index contributed by atoms with van der Waals surface area (Å²) in [7, 11) is -6.65. The first-order valence-corrected chi connectivity index (χ1v) is 9.17. The number of halogens is 1. The van der Waals surface area contributed by atoms with Crippen molar-refractivity contribution in [1.82, 2.24) is 13.6 Å². The second-order valence-electron chi connectivity index (χ2n) is 3.86. The second-order valence-corrected chi connectivity index (χ2v) is 7.92. The van der Waals surface area contributed by atoms with E-state index in [0.29, 0.717) is 4.41 Å². The molecule has 113 valence electrons. The summed E-state index contributed by atoms with van der Waals surface area (Å²) in [4.78, 5) is 3.27. The van der Waals surface area contributed by atoms with Gasteiger partial charge in [0.25, 0.3) is 10.2 Å². The van der Waals surface area contributed by atoms with E-state index < -0.39 is 20.2 Å². The molecular formula is C8H17ClN3O5S2. The molecule has 1 rings (SSSR count). The monoisotopic (exact) mass is 334 g/mol. The molecule has 0 aromatic carbocycles. The third kappa shape index (κ3) is 5.14. The number of ether oxygens (including phenoxy) is 1. The van der Waals surface area contributed by atoms with E-state index in [1.54, 1.807) is 0 Å². The summed E-state index contributed by atoms with van der Waals surface area (Å²) >= 11 is 5.40. The molecule has 0 unspecified atom stereocenters. The van der Waals surface area contributed by atoms with E-state index in [2.05, 4.69) is 4.83 Å². The maximum Gasteiger partial charge on any atom is 0.297 e. The molecular weight excluding hydrogens is 318 g/mol. The van der Waals surface area contributed by atoms with Crippen LogP contribution in [0.1, 0.15) is 6.42 Å². The van der Waals surface area contributed by atoms with E-state index in [0.717, 1.165) is 11.4 Å². The summed E-state index contributed by atoms with van der Waals surface area (Å²) in [5.74, 6) is -0.103. The van der Waals surface area contributed by atoms with Crippen molar-refractivity contribution >= 4 is 31.8 Å². The molecule has 1 aliphatic rings. The molecule has 1 fully saturated rings. The molecule has 0 amide bonds. The average Bonchev–Trinajstić information content (AvgIpc) is 2.37. The lowest BCUT2D eigenvalue weighted by atomic mass is 10.5. The van der Waals surface area contributed by atoms with Gasteiger partial charge in [-0.3, -0.25) is 0 Å². The van der Waals surface area contributed by atoms with Crippen molar-refractivity contribution < 1.29 is 21.6 Å². The Hall–Kier alpha value is 0.0300. The number of sulfonamides is 1. The molecule has 0 bridgehead atoms. The SMILES string of the molecule is CN([N]S(=O)(=O)CCCCl)S(=O)(=O)N1CCOCC1. The first-order chi connectivity index (χ1) is 8.79. The van der Waals surface area contributed by atoms with E-state index in [4.69, 9.17) is 16.3 Å². The van der Waals surface area contributed by atoms with E-state index in [1.165, 1.54) is 0 Å². The molecule has 0 N–H and O–H groups in total. The first-order valence-electron chi connectivity index (χ1n) is 5.63. The third-order valence-corrected chi connectivity index (χ3v) is 5.84. The molecule has 1 radical (unpaired) electrons. The van der Waals surface area contributed by atoms with Crippen LogP contribution in [0.15, 0.2) is 0 Å². The van der Waals surface area contributed by atoms with Gasteiger partial charge >= 0.3 is 0 Å². The fourth-order valence-corrected chi connectivity index (χ4v) is 4.26. The number of rotatable bonds is 7. The number of alkyl halides is 1. The van der Waals surface area contributed by atoms with Crippen molar-refractivity contribution in [3.8, 4) is 0 Å². The van der Waals surface area contributed by atoms with Gasteiger partial charge in [-0.2, -0.15) is 12.7 Å². The Labute approximate surface area is 118 Å². The molecule has 0 aromatic heterocycles. The van der Waals surface area contributed by atoms with Crippen molar-refractivity contribution in [2.24, 2.45) is 0 Å². The second kappa shape index (κ2) is 7.16. The van der Waals surface area contributed by atoms with Crippen LogP contribution in [0, 0.1) is 0 Å². The third-order valence-electron chi connectivity index (χ3n) is 2.41. The minimum Gasteiger partial charge on any atom is -0.379 e. The van der Waals surface area contributed by atoms with E-state index in [1.807, 2.05) is 0 Å². The average molecular weight is 335 g/mol. The summed E-state index contributed by atoms with van der Waals surface area (Å²) in [5, 5.41) is 0. The molecule has 0 spiro atoms. The minimum atomic E-state index is -3.91. The molecule has 19 heavy (non-hydrogen) atoms. The summed E-state index contributed by atoms with van der Waals surface area (Å²) in [6.45, 7) is 0.936. The number of hydrogen-bond donors (Lipinski definition) is 0. The topological polar surface area (TPSA) is 98.1 Å². The van der Waals surface area contributed by atoms with Gasteiger partial charge in [0.15, 0.2) is 0 Å². The van der Waals surface area contributed by atoms with Gasteiger partial charge in [-0.15, -0.1) is 11.6 Å². The zero-order valence-electron chi connectivity index (χ0n) is 10.5. The van der Waals surface area contributed by atoms with Crippen LogP contribution < -0.4 is 4.83 Å². The van der Waals surface area contributed by atoms with Crippen molar-refractivity contribution in [2.75, 3.05) is 45.0 Å². The zero-order chi connectivity index (χ0) is 14.5. The molecule has 1 saturated heterocycles. The maximum atomic E-state index is 12.0. The van der Waals surface area contributed by atoms with Gasteiger partial charge in [0.05, 0.1) is 19.0 Å². The summed E-state index contributed by atoms with van der Waals surface area (Å²) in [6.07, 6.45) is 0.221. The molecule has 0 aromatic rings. The number of nitrogens with zero attached hydrogens (tertiary/aromatic N) is 3. The standard InChI is InChI=1S/C8H17ClN3O5S2/c1-11(10-18(13,14)8-2-3-9)19(15,16)12-4-6-17-7-5-12/h2-8H2,1H3. The largest absolute Gasteiger partial charge is 0.379 e. The van der Waals surface area contributed by atoms with Gasteiger partial charge in [0, 0.05) is 26.0 Å². The predicted octanol–water partition coefficient (Wildman–Crippen LogP) is -1.03. The van der Waals surface area contributed by atoms with Crippen molar-refractivity contribution in [2.45, 2.75) is 6.42 Å². The Bertz CT molecular complexity index is 475. The quantitative estimate of drug-likeness (QED) is 0.438. The fourth-order valence-electron chi connectivity index (χ4n) is 1.44. The lowest BCUT2D eigenvalue weighted by Gasteiger charge is -2.29. The van der Waals surface area contributed by atoms with Crippen LogP contribution in [0.2, 0.25) is 0 Å². The van der Waals surface area contributed by atoms with Gasteiger partial charge in [-0.25, -0.2) is 8.42 Å². The van der Waals surface area contributed by atoms with Gasteiger partial charge in [-0.1, -0.05) is 4.41 Å². The zero-order valence-corrected chi connectivity index (χ0v) is 12.9. The Morgan fingerprint density at radius 3 is 2.37 bits per heavy atom. The van der Waals surface area contributed by atoms with Crippen LogP contribution in [0.4, 0.5) is 0 Å². The number of hydrogen-bond acceptors (Lipinski definition) is 5. The highest BCUT2D eigenvalue weighted by molar-refractivity contribution is 7.91. The first kappa shape index (κ1) is 17.1. The van der Waals surface area contributed by atoms with Crippen LogP contribution in [0.25, 0.3) is 0 Å². The van der Waals surface area contributed by atoms with Gasteiger partial charge in [0.1, 0.15) is 0 Å². The van der Waals surface area contributed by atoms with Crippen molar-refractivity contribution in [3.05, 3.63) is 0 Å². The smallest absolute Gasteiger partial charge is 0.297 e. The van der Waals surface area contributed by atoms with Crippen molar-refractivity contribution in [1.29, 1.82) is 0 Å². The Morgan fingerprint density at radius 2 is 1.84 bits per heavy atom. The highest BCUT2D eigenvalue weighted by atomic mass is 35.5. The number of morpholine rings is 1. The molecule has 0 atom stereocenters. The maximum absolute atomic E-state index is 12.0. The fraction of sp³-hybridized carbons (Fsp3) is 1.00. The van der Waals surface area contributed by atoms with Gasteiger partial charge in [-0.05, 0) is 11.3 Å². The van der Waals surface area contributed by atoms with Crippen LogP contribution in [-0.2, 0) is 25.0 Å². The predicted molar refractivity (Wildman–Crippen MR) is 70.3 cm³/mol. The molecule has 11 heteroatoms. The molecule has 1 aliphatic heterocycles. The molecule has 8 nitrogen and oxygen atoms in total. The summed E-state index contributed by atoms with van der Waals surface area (Å²) in [5.41, 5.74) is 0. The Morgan fingerprint density at radius 1 is 1.26 bits per heavy atom. The Balaban J connectivity index is 2.67. The van der Waals surface area contributed by atoms with Crippen LogP contribution in [0.5, 0.6) is 0 Å². The molecule has 0 saturated carbocycles. The molecule has 1 heterocycles. The van der Waals surface area contributed by atoms with Crippen LogP contribution in [-0.4, -0.2) is 70.5 Å². The highest BCUT2D eigenvalue weighted by Crippen LogP contribution is 2.09.